The van der Waals surface area contributed by atoms with Gasteiger partial charge in [-0.05, 0) is 48.2 Å². The summed E-state index contributed by atoms with van der Waals surface area (Å²) in [5, 5.41) is 14.0. The number of para-hydroxylation sites is 1. The first kappa shape index (κ1) is 17.7. The maximum absolute atomic E-state index is 12.2. The predicted octanol–water partition coefficient (Wildman–Crippen LogP) is 4.75. The van der Waals surface area contributed by atoms with Crippen LogP contribution in [0.3, 0.4) is 0 Å². The van der Waals surface area contributed by atoms with Crippen molar-refractivity contribution in [2.75, 3.05) is 0 Å². The highest BCUT2D eigenvalue weighted by molar-refractivity contribution is 8.18. The molecule has 1 fully saturated rings. The summed E-state index contributed by atoms with van der Waals surface area (Å²) in [5.41, 5.74) is 1.48. The number of amides is 1. The number of nitrogens with one attached hydrogen (secondary N) is 1. The van der Waals surface area contributed by atoms with Crippen molar-refractivity contribution in [3.63, 3.8) is 0 Å². The molecule has 4 rings (SSSR count). The number of thioether (sulfide) groups is 1. The van der Waals surface area contributed by atoms with Gasteiger partial charge in [0.25, 0.3) is 11.6 Å². The van der Waals surface area contributed by atoms with Crippen molar-refractivity contribution in [1.82, 2.24) is 5.32 Å². The second-order valence-electron chi connectivity index (χ2n) is 5.82. The Balaban J connectivity index is 1.53. The molecule has 1 aromatic heterocycles. The quantitative estimate of drug-likeness (QED) is 0.393. The van der Waals surface area contributed by atoms with Crippen LogP contribution in [0.25, 0.3) is 17.4 Å². The molecule has 0 unspecified atom stereocenters. The number of nitrogens with zero attached hydrogens (tertiary/aromatic N) is 2. The van der Waals surface area contributed by atoms with Crippen molar-refractivity contribution in [2.45, 2.75) is 0 Å². The van der Waals surface area contributed by atoms with E-state index in [4.69, 9.17) is 4.42 Å². The van der Waals surface area contributed by atoms with E-state index in [0.717, 1.165) is 5.69 Å². The molecule has 7 nitrogen and oxygen atoms in total. The number of non-ortho nitro benzene ring substituents is 1. The van der Waals surface area contributed by atoms with Crippen LogP contribution in [0.2, 0.25) is 0 Å². The van der Waals surface area contributed by atoms with E-state index in [1.54, 1.807) is 30.3 Å². The van der Waals surface area contributed by atoms with E-state index in [1.807, 2.05) is 30.3 Å². The number of carbonyl (C=O) groups is 1. The van der Waals surface area contributed by atoms with E-state index < -0.39 is 4.92 Å². The Labute approximate surface area is 163 Å². The van der Waals surface area contributed by atoms with E-state index in [0.29, 0.717) is 27.2 Å². The summed E-state index contributed by atoms with van der Waals surface area (Å²) in [4.78, 5) is 27.3. The van der Waals surface area contributed by atoms with E-state index in [2.05, 4.69) is 10.3 Å². The number of hydrogen-bond acceptors (Lipinski definition) is 6. The van der Waals surface area contributed by atoms with Crippen LogP contribution in [0.5, 0.6) is 0 Å². The summed E-state index contributed by atoms with van der Waals surface area (Å²) in [6.07, 6.45) is 1.64. The Kier molecular flexibility index (Phi) is 4.77. The summed E-state index contributed by atoms with van der Waals surface area (Å²) in [6.45, 7) is 0. The number of nitro groups is 1. The zero-order valence-corrected chi connectivity index (χ0v) is 15.2. The average Bonchev–Trinajstić information content (AvgIpc) is 3.30. The number of benzene rings is 2. The lowest BCUT2D eigenvalue weighted by Crippen LogP contribution is -2.19. The first-order valence-electron chi connectivity index (χ1n) is 8.28. The summed E-state index contributed by atoms with van der Waals surface area (Å²) in [5.74, 6) is 0.822. The Bertz CT molecular complexity index is 1100. The fraction of sp³-hybridized carbons (Fsp3) is 0. The summed E-state index contributed by atoms with van der Waals surface area (Å²) >= 11 is 1.23. The Morgan fingerprint density at radius 2 is 1.79 bits per heavy atom. The minimum absolute atomic E-state index is 0.0157. The highest BCUT2D eigenvalue weighted by atomic mass is 32.2. The minimum atomic E-state index is -0.452. The summed E-state index contributed by atoms with van der Waals surface area (Å²) in [7, 11) is 0. The number of hydrogen-bond donors (Lipinski definition) is 1. The van der Waals surface area contributed by atoms with Gasteiger partial charge >= 0.3 is 0 Å². The van der Waals surface area contributed by atoms with Crippen molar-refractivity contribution < 1.29 is 14.1 Å². The molecule has 3 aromatic rings. The van der Waals surface area contributed by atoms with E-state index in [-0.39, 0.29) is 11.6 Å². The molecular formula is C20H13N3O4S. The zero-order chi connectivity index (χ0) is 19.5. The normalized spacial score (nSPS) is 16.5. The lowest BCUT2D eigenvalue weighted by Gasteiger charge is -1.96. The molecule has 28 heavy (non-hydrogen) atoms. The van der Waals surface area contributed by atoms with Crippen molar-refractivity contribution in [3.8, 4) is 11.3 Å². The van der Waals surface area contributed by atoms with E-state index in [9.17, 15) is 14.9 Å². The van der Waals surface area contributed by atoms with Gasteiger partial charge in [-0.3, -0.25) is 14.9 Å². The van der Waals surface area contributed by atoms with Crippen LogP contribution in [0.4, 0.5) is 11.4 Å². The topological polar surface area (TPSA) is 97.7 Å². The van der Waals surface area contributed by atoms with E-state index in [1.165, 1.54) is 23.9 Å². The molecule has 0 radical (unpaired) electrons. The van der Waals surface area contributed by atoms with Crippen LogP contribution in [-0.4, -0.2) is 16.0 Å². The van der Waals surface area contributed by atoms with Gasteiger partial charge in [-0.15, -0.1) is 0 Å². The first-order chi connectivity index (χ1) is 13.6. The molecule has 0 atom stereocenters. The van der Waals surface area contributed by atoms with Crippen molar-refractivity contribution in [2.24, 2.45) is 4.99 Å². The largest absolute Gasteiger partial charge is 0.457 e. The molecule has 0 aliphatic carbocycles. The van der Waals surface area contributed by atoms with Crippen LogP contribution >= 0.6 is 11.8 Å². The van der Waals surface area contributed by atoms with Gasteiger partial charge in [0.2, 0.25) is 0 Å². The van der Waals surface area contributed by atoms with Crippen LogP contribution in [0, 0.1) is 10.1 Å². The van der Waals surface area contributed by atoms with Crippen LogP contribution in [0.15, 0.2) is 81.0 Å². The lowest BCUT2D eigenvalue weighted by molar-refractivity contribution is -0.384. The number of furan rings is 1. The summed E-state index contributed by atoms with van der Waals surface area (Å²) < 4.78 is 5.75. The highest BCUT2D eigenvalue weighted by Gasteiger charge is 2.24. The third kappa shape index (κ3) is 3.86. The second kappa shape index (κ2) is 7.53. The molecule has 1 aliphatic rings. The fourth-order valence-electron chi connectivity index (χ4n) is 2.56. The van der Waals surface area contributed by atoms with Crippen molar-refractivity contribution in [3.05, 3.63) is 87.5 Å². The van der Waals surface area contributed by atoms with Gasteiger partial charge in [-0.2, -0.15) is 0 Å². The summed E-state index contributed by atoms with van der Waals surface area (Å²) in [6, 6.07) is 18.9. The van der Waals surface area contributed by atoms with Gasteiger partial charge in [-0.25, -0.2) is 4.99 Å². The minimum Gasteiger partial charge on any atom is -0.457 e. The molecule has 0 bridgehead atoms. The van der Waals surface area contributed by atoms with Gasteiger partial charge in [0.1, 0.15) is 11.5 Å². The Morgan fingerprint density at radius 1 is 1.04 bits per heavy atom. The molecule has 2 aromatic carbocycles. The molecule has 2 heterocycles. The van der Waals surface area contributed by atoms with Crippen LogP contribution in [-0.2, 0) is 4.79 Å². The maximum Gasteiger partial charge on any atom is 0.269 e. The third-order valence-corrected chi connectivity index (χ3v) is 4.81. The third-order valence-electron chi connectivity index (χ3n) is 3.90. The number of carbonyl (C=O) groups excluding carboxylic acids is 1. The monoisotopic (exact) mass is 391 g/mol. The van der Waals surface area contributed by atoms with Crippen molar-refractivity contribution >= 4 is 40.3 Å². The van der Waals surface area contributed by atoms with Gasteiger partial charge < -0.3 is 9.73 Å². The zero-order valence-electron chi connectivity index (χ0n) is 14.4. The Morgan fingerprint density at radius 3 is 2.50 bits per heavy atom. The number of rotatable bonds is 4. The van der Waals surface area contributed by atoms with Crippen LogP contribution < -0.4 is 5.32 Å². The molecule has 0 saturated carbocycles. The average molecular weight is 391 g/mol. The molecule has 1 amide bonds. The SMILES string of the molecule is O=C1NC(=Nc2ccccc2)SC1=Cc1ccc(-c2ccc([N+](=O)[O-])cc2)o1. The van der Waals surface area contributed by atoms with Crippen molar-refractivity contribution in [1.29, 1.82) is 0 Å². The molecule has 138 valence electrons. The van der Waals surface area contributed by atoms with Crippen LogP contribution in [0.1, 0.15) is 5.76 Å². The molecule has 1 saturated heterocycles. The maximum atomic E-state index is 12.2. The highest BCUT2D eigenvalue weighted by Crippen LogP contribution is 2.30. The second-order valence-corrected chi connectivity index (χ2v) is 6.85. The molecule has 1 N–H and O–H groups in total. The first-order valence-corrected chi connectivity index (χ1v) is 9.09. The molecule has 8 heteroatoms. The lowest BCUT2D eigenvalue weighted by atomic mass is 10.1. The van der Waals surface area contributed by atoms with Gasteiger partial charge in [0.05, 0.1) is 15.5 Å². The predicted molar refractivity (Wildman–Crippen MR) is 108 cm³/mol. The molecular weight excluding hydrogens is 378 g/mol. The molecule has 1 aliphatic heterocycles. The smallest absolute Gasteiger partial charge is 0.269 e. The van der Waals surface area contributed by atoms with Gasteiger partial charge in [-0.1, -0.05) is 18.2 Å². The number of aliphatic imine (C=N–C) groups is 1. The Hall–Kier alpha value is -3.65. The van der Waals surface area contributed by atoms with E-state index >= 15 is 0 Å². The van der Waals surface area contributed by atoms with Gasteiger partial charge in [0, 0.05) is 23.8 Å². The standard InChI is InChI=1S/C20H13N3O4S/c24-19-18(28-20(22-19)21-14-4-2-1-3-5-14)12-16-10-11-17(27-16)13-6-8-15(9-7-13)23(25)26/h1-12H,(H,21,22,24). The van der Waals surface area contributed by atoms with Gasteiger partial charge in [0.15, 0.2) is 5.17 Å². The number of amidine groups is 1. The fourth-order valence-corrected chi connectivity index (χ4v) is 3.38. The number of nitro benzene ring substituents is 1. The molecule has 0 spiro atoms.